The average molecular weight is 282 g/mol. The van der Waals surface area contributed by atoms with Gasteiger partial charge in [0.15, 0.2) is 0 Å². The third kappa shape index (κ3) is 4.18. The maximum atomic E-state index is 12.0. The minimum Gasteiger partial charge on any atom is -0.352 e. The number of hydrogen-bond acceptors (Lipinski definition) is 3. The minimum absolute atomic E-state index is 0.0714. The normalized spacial score (nSPS) is 20.2. The van der Waals surface area contributed by atoms with Gasteiger partial charge in [-0.3, -0.25) is 4.79 Å². The fraction of sp³-hybridized carbons (Fsp3) is 0.571. The molecule has 1 N–H and O–H groups in total. The Bertz CT molecular complexity index is 438. The molecule has 104 valence electrons. The average Bonchev–Trinajstić information content (AvgIpc) is 2.45. The van der Waals surface area contributed by atoms with Crippen LogP contribution in [0.4, 0.5) is 0 Å². The van der Waals surface area contributed by atoms with E-state index in [0.717, 1.165) is 19.6 Å². The van der Waals surface area contributed by atoms with Crippen LogP contribution in [0.3, 0.4) is 0 Å². The van der Waals surface area contributed by atoms with Crippen LogP contribution in [-0.2, 0) is 0 Å². The number of aromatic nitrogens is 1. The van der Waals surface area contributed by atoms with Crippen molar-refractivity contribution in [2.75, 3.05) is 26.2 Å². The van der Waals surface area contributed by atoms with Crippen molar-refractivity contribution in [3.8, 4) is 0 Å². The SMILES string of the molecule is CCN1CCCC(CNC(=O)c2ccnc(Cl)c2)C1. The number of hydrogen-bond donors (Lipinski definition) is 1. The Morgan fingerprint density at radius 2 is 2.47 bits per heavy atom. The van der Waals surface area contributed by atoms with E-state index in [1.807, 2.05) is 0 Å². The molecule has 1 fully saturated rings. The first-order chi connectivity index (χ1) is 9.19. The highest BCUT2D eigenvalue weighted by Crippen LogP contribution is 2.15. The van der Waals surface area contributed by atoms with Gasteiger partial charge in [0, 0.05) is 24.8 Å². The fourth-order valence-electron chi connectivity index (χ4n) is 2.49. The molecule has 0 saturated carbocycles. The number of pyridine rings is 1. The molecule has 1 unspecified atom stereocenters. The molecule has 1 saturated heterocycles. The fourth-order valence-corrected chi connectivity index (χ4v) is 2.66. The maximum Gasteiger partial charge on any atom is 0.251 e. The van der Waals surface area contributed by atoms with E-state index in [4.69, 9.17) is 11.6 Å². The van der Waals surface area contributed by atoms with Gasteiger partial charge in [0.25, 0.3) is 5.91 Å². The van der Waals surface area contributed by atoms with Gasteiger partial charge in [-0.1, -0.05) is 18.5 Å². The molecule has 0 radical (unpaired) electrons. The zero-order chi connectivity index (χ0) is 13.7. The summed E-state index contributed by atoms with van der Waals surface area (Å²) in [5, 5.41) is 3.34. The van der Waals surface area contributed by atoms with Gasteiger partial charge >= 0.3 is 0 Å². The second kappa shape index (κ2) is 6.87. The standard InChI is InChI=1S/C14H20ClN3O/c1-2-18-7-3-4-11(10-18)9-17-14(19)12-5-6-16-13(15)8-12/h5-6,8,11H,2-4,7,9-10H2,1H3,(H,17,19). The van der Waals surface area contributed by atoms with Crippen LogP contribution < -0.4 is 5.32 Å². The van der Waals surface area contributed by atoms with E-state index in [-0.39, 0.29) is 5.91 Å². The summed E-state index contributed by atoms with van der Waals surface area (Å²) >= 11 is 5.78. The van der Waals surface area contributed by atoms with Gasteiger partial charge in [0.1, 0.15) is 5.15 Å². The number of rotatable bonds is 4. The molecule has 5 heteroatoms. The largest absolute Gasteiger partial charge is 0.352 e. The van der Waals surface area contributed by atoms with Crippen molar-refractivity contribution in [2.45, 2.75) is 19.8 Å². The Balaban J connectivity index is 1.83. The first-order valence-electron chi connectivity index (χ1n) is 6.81. The van der Waals surface area contributed by atoms with Gasteiger partial charge in [-0.25, -0.2) is 4.98 Å². The molecule has 1 aromatic heterocycles. The number of nitrogens with one attached hydrogen (secondary N) is 1. The zero-order valence-corrected chi connectivity index (χ0v) is 12.0. The molecule has 1 atom stereocenters. The van der Waals surface area contributed by atoms with Gasteiger partial charge < -0.3 is 10.2 Å². The predicted octanol–water partition coefficient (Wildman–Crippen LogP) is 2.20. The molecule has 1 aliphatic rings. The Hall–Kier alpha value is -1.13. The van der Waals surface area contributed by atoms with Crippen molar-refractivity contribution in [2.24, 2.45) is 5.92 Å². The summed E-state index contributed by atoms with van der Waals surface area (Å²) in [6.45, 7) is 6.26. The van der Waals surface area contributed by atoms with Gasteiger partial charge in [0.2, 0.25) is 0 Å². The summed E-state index contributed by atoms with van der Waals surface area (Å²) in [5.74, 6) is 0.480. The van der Waals surface area contributed by atoms with Crippen LogP contribution >= 0.6 is 11.6 Å². The lowest BCUT2D eigenvalue weighted by Crippen LogP contribution is -2.40. The van der Waals surface area contributed by atoms with Crippen LogP contribution in [0.2, 0.25) is 5.15 Å². The van der Waals surface area contributed by atoms with Gasteiger partial charge in [-0.2, -0.15) is 0 Å². The van der Waals surface area contributed by atoms with Crippen molar-refractivity contribution in [3.05, 3.63) is 29.0 Å². The first-order valence-corrected chi connectivity index (χ1v) is 7.19. The molecule has 1 aromatic rings. The molecule has 2 rings (SSSR count). The Morgan fingerprint density at radius 3 is 3.21 bits per heavy atom. The van der Waals surface area contributed by atoms with Crippen LogP contribution in [0.1, 0.15) is 30.1 Å². The van der Waals surface area contributed by atoms with E-state index in [2.05, 4.69) is 22.1 Å². The van der Waals surface area contributed by atoms with Gasteiger partial charge in [-0.05, 0) is 44.0 Å². The number of likely N-dealkylation sites (tertiary alicyclic amines) is 1. The zero-order valence-electron chi connectivity index (χ0n) is 11.2. The van der Waals surface area contributed by atoms with E-state index in [9.17, 15) is 4.79 Å². The lowest BCUT2D eigenvalue weighted by atomic mass is 9.98. The van der Waals surface area contributed by atoms with Crippen LogP contribution in [0.25, 0.3) is 0 Å². The van der Waals surface area contributed by atoms with E-state index in [1.165, 1.54) is 19.4 Å². The molecule has 0 aromatic carbocycles. The molecular formula is C14H20ClN3O. The molecule has 2 heterocycles. The molecule has 0 aliphatic carbocycles. The third-order valence-electron chi connectivity index (χ3n) is 3.59. The van der Waals surface area contributed by atoms with Crippen molar-refractivity contribution < 1.29 is 4.79 Å². The van der Waals surface area contributed by atoms with Crippen LogP contribution in [0, 0.1) is 5.92 Å². The van der Waals surface area contributed by atoms with E-state index < -0.39 is 0 Å². The number of carbonyl (C=O) groups excluding carboxylic acids is 1. The predicted molar refractivity (Wildman–Crippen MR) is 76.4 cm³/mol. The highest BCUT2D eigenvalue weighted by atomic mass is 35.5. The highest BCUT2D eigenvalue weighted by Gasteiger charge is 2.19. The van der Waals surface area contributed by atoms with Crippen molar-refractivity contribution >= 4 is 17.5 Å². The number of carbonyl (C=O) groups is 1. The summed E-state index contributed by atoms with van der Waals surface area (Å²) in [7, 11) is 0. The summed E-state index contributed by atoms with van der Waals surface area (Å²) in [6, 6.07) is 3.27. The van der Waals surface area contributed by atoms with E-state index >= 15 is 0 Å². The molecule has 4 nitrogen and oxygen atoms in total. The molecular weight excluding hydrogens is 262 g/mol. The number of halogens is 1. The topological polar surface area (TPSA) is 45.2 Å². The summed E-state index contributed by atoms with van der Waals surface area (Å²) in [6.07, 6.45) is 3.96. The summed E-state index contributed by atoms with van der Waals surface area (Å²) < 4.78 is 0. The van der Waals surface area contributed by atoms with Crippen LogP contribution in [-0.4, -0.2) is 42.0 Å². The maximum absolute atomic E-state index is 12.0. The van der Waals surface area contributed by atoms with Crippen molar-refractivity contribution in [1.82, 2.24) is 15.2 Å². The molecule has 19 heavy (non-hydrogen) atoms. The second-order valence-corrected chi connectivity index (χ2v) is 5.37. The third-order valence-corrected chi connectivity index (χ3v) is 3.80. The monoisotopic (exact) mass is 281 g/mol. The first kappa shape index (κ1) is 14.3. The lowest BCUT2D eigenvalue weighted by molar-refractivity contribution is 0.0933. The second-order valence-electron chi connectivity index (χ2n) is 4.98. The number of amides is 1. The van der Waals surface area contributed by atoms with E-state index in [1.54, 1.807) is 18.3 Å². The Kier molecular flexibility index (Phi) is 5.16. The van der Waals surface area contributed by atoms with Crippen LogP contribution in [0.15, 0.2) is 18.3 Å². The van der Waals surface area contributed by atoms with Crippen LogP contribution in [0.5, 0.6) is 0 Å². The van der Waals surface area contributed by atoms with Gasteiger partial charge in [0.05, 0.1) is 0 Å². The lowest BCUT2D eigenvalue weighted by Gasteiger charge is -2.31. The number of nitrogens with zero attached hydrogens (tertiary/aromatic N) is 2. The van der Waals surface area contributed by atoms with Gasteiger partial charge in [-0.15, -0.1) is 0 Å². The molecule has 1 amide bonds. The van der Waals surface area contributed by atoms with E-state index in [0.29, 0.717) is 16.6 Å². The quantitative estimate of drug-likeness (QED) is 0.861. The smallest absolute Gasteiger partial charge is 0.251 e. The molecule has 0 bridgehead atoms. The van der Waals surface area contributed by atoms with Crippen molar-refractivity contribution in [1.29, 1.82) is 0 Å². The number of piperidine rings is 1. The Morgan fingerprint density at radius 1 is 1.63 bits per heavy atom. The minimum atomic E-state index is -0.0714. The Labute approximate surface area is 119 Å². The summed E-state index contributed by atoms with van der Waals surface area (Å²) in [5.41, 5.74) is 0.572. The summed E-state index contributed by atoms with van der Waals surface area (Å²) in [4.78, 5) is 18.3. The highest BCUT2D eigenvalue weighted by molar-refractivity contribution is 6.29. The molecule has 0 spiro atoms. The van der Waals surface area contributed by atoms with Crippen molar-refractivity contribution in [3.63, 3.8) is 0 Å². The molecule has 1 aliphatic heterocycles.